The van der Waals surface area contributed by atoms with Crippen molar-refractivity contribution < 1.29 is 24.2 Å². The minimum absolute atomic E-state index is 0.0205. The number of carboxylic acids is 1. The molecular weight excluding hydrogens is 278 g/mol. The molecule has 0 aliphatic carbocycles. The number of aliphatic carboxylic acids is 1. The van der Waals surface area contributed by atoms with Crippen LogP contribution >= 0.6 is 0 Å². The van der Waals surface area contributed by atoms with Gasteiger partial charge in [0.15, 0.2) is 6.10 Å². The van der Waals surface area contributed by atoms with Crippen LogP contribution in [0.25, 0.3) is 0 Å². The largest absolute Gasteiger partial charge is 0.479 e. The summed E-state index contributed by atoms with van der Waals surface area (Å²) in [4.78, 5) is 38.0. The zero-order valence-corrected chi connectivity index (χ0v) is 12.7. The van der Waals surface area contributed by atoms with E-state index in [0.29, 0.717) is 19.6 Å². The van der Waals surface area contributed by atoms with Crippen molar-refractivity contribution in [2.75, 3.05) is 32.8 Å². The van der Waals surface area contributed by atoms with Crippen molar-refractivity contribution in [2.45, 2.75) is 32.9 Å². The molecule has 1 fully saturated rings. The number of rotatable bonds is 5. The van der Waals surface area contributed by atoms with E-state index in [1.54, 1.807) is 11.8 Å². The lowest BCUT2D eigenvalue weighted by molar-refractivity contribution is -0.154. The second-order valence-corrected chi connectivity index (χ2v) is 4.83. The van der Waals surface area contributed by atoms with Gasteiger partial charge in [0.05, 0.1) is 13.2 Å². The minimum Gasteiger partial charge on any atom is -0.479 e. The zero-order chi connectivity index (χ0) is 16.0. The van der Waals surface area contributed by atoms with E-state index in [1.165, 1.54) is 4.90 Å². The first-order chi connectivity index (χ1) is 9.90. The number of amides is 3. The van der Waals surface area contributed by atoms with Gasteiger partial charge in [-0.15, -0.1) is 0 Å². The summed E-state index contributed by atoms with van der Waals surface area (Å²) in [6.45, 7) is 6.97. The molecule has 0 aromatic rings. The standard InChI is InChI=1S/C13H23N3O5/c1-4-15(5-2)11(17)9(3)14-13(20)16-6-7-21-10(8-16)12(18)19/h9-10H,4-8H2,1-3H3,(H,14,20)(H,18,19). The lowest BCUT2D eigenvalue weighted by Crippen LogP contribution is -2.55. The summed E-state index contributed by atoms with van der Waals surface area (Å²) in [5, 5.41) is 11.5. The SMILES string of the molecule is CCN(CC)C(=O)C(C)NC(=O)N1CCOC(C(=O)O)C1. The lowest BCUT2D eigenvalue weighted by atomic mass is 10.2. The van der Waals surface area contributed by atoms with E-state index in [4.69, 9.17) is 9.84 Å². The minimum atomic E-state index is -1.10. The van der Waals surface area contributed by atoms with Gasteiger partial charge < -0.3 is 25.0 Å². The first-order valence-corrected chi connectivity index (χ1v) is 7.09. The van der Waals surface area contributed by atoms with Crippen molar-refractivity contribution in [1.29, 1.82) is 0 Å². The topological polar surface area (TPSA) is 99.2 Å². The Morgan fingerprint density at radius 2 is 2.00 bits per heavy atom. The van der Waals surface area contributed by atoms with E-state index in [-0.39, 0.29) is 19.1 Å². The highest BCUT2D eigenvalue weighted by atomic mass is 16.5. The van der Waals surface area contributed by atoms with Gasteiger partial charge in [-0.25, -0.2) is 9.59 Å². The molecule has 2 unspecified atom stereocenters. The highest BCUT2D eigenvalue weighted by molar-refractivity contribution is 5.87. The summed E-state index contributed by atoms with van der Waals surface area (Å²) >= 11 is 0. The summed E-state index contributed by atoms with van der Waals surface area (Å²) < 4.78 is 5.05. The number of likely N-dealkylation sites (N-methyl/N-ethyl adjacent to an activating group) is 1. The number of ether oxygens (including phenoxy) is 1. The summed E-state index contributed by atoms with van der Waals surface area (Å²) in [6, 6.07) is -1.10. The molecule has 2 atom stereocenters. The van der Waals surface area contributed by atoms with E-state index in [1.807, 2.05) is 13.8 Å². The number of urea groups is 1. The fourth-order valence-corrected chi connectivity index (χ4v) is 2.13. The molecule has 0 radical (unpaired) electrons. The average Bonchev–Trinajstić information content (AvgIpc) is 2.48. The van der Waals surface area contributed by atoms with E-state index in [2.05, 4.69) is 5.32 Å². The number of carbonyl (C=O) groups is 3. The fraction of sp³-hybridized carbons (Fsp3) is 0.769. The van der Waals surface area contributed by atoms with Crippen LogP contribution in [-0.4, -0.2) is 77.7 Å². The highest BCUT2D eigenvalue weighted by Gasteiger charge is 2.30. The maximum absolute atomic E-state index is 12.1. The number of nitrogens with one attached hydrogen (secondary N) is 1. The Morgan fingerprint density at radius 3 is 2.52 bits per heavy atom. The second kappa shape index (κ2) is 7.82. The molecule has 1 aliphatic heterocycles. The van der Waals surface area contributed by atoms with Gasteiger partial charge in [-0.2, -0.15) is 0 Å². The molecule has 3 amide bonds. The monoisotopic (exact) mass is 301 g/mol. The van der Waals surface area contributed by atoms with E-state index < -0.39 is 24.1 Å². The summed E-state index contributed by atoms with van der Waals surface area (Å²) in [5.74, 6) is -1.25. The van der Waals surface area contributed by atoms with Gasteiger partial charge in [0.25, 0.3) is 0 Å². The Kier molecular flexibility index (Phi) is 6.41. The molecule has 2 N–H and O–H groups in total. The molecule has 8 nitrogen and oxygen atoms in total. The van der Waals surface area contributed by atoms with E-state index >= 15 is 0 Å². The molecule has 8 heteroatoms. The molecule has 120 valence electrons. The molecule has 1 aliphatic rings. The molecule has 1 heterocycles. The molecule has 0 spiro atoms. The van der Waals surface area contributed by atoms with Gasteiger partial charge in [0.1, 0.15) is 6.04 Å². The van der Waals surface area contributed by atoms with Gasteiger partial charge in [-0.1, -0.05) is 0 Å². The third-order valence-electron chi connectivity index (χ3n) is 3.41. The van der Waals surface area contributed by atoms with Crippen LogP contribution in [0.15, 0.2) is 0 Å². The summed E-state index contributed by atoms with van der Waals surface area (Å²) in [7, 11) is 0. The first-order valence-electron chi connectivity index (χ1n) is 7.09. The molecule has 1 saturated heterocycles. The smallest absolute Gasteiger partial charge is 0.334 e. The van der Waals surface area contributed by atoms with Crippen LogP contribution in [0.2, 0.25) is 0 Å². The van der Waals surface area contributed by atoms with E-state index in [9.17, 15) is 14.4 Å². The number of carbonyl (C=O) groups excluding carboxylic acids is 2. The van der Waals surface area contributed by atoms with Crippen molar-refractivity contribution in [3.05, 3.63) is 0 Å². The average molecular weight is 301 g/mol. The van der Waals surface area contributed by atoms with Crippen LogP contribution in [0.3, 0.4) is 0 Å². The number of hydrogen-bond donors (Lipinski definition) is 2. The third kappa shape index (κ3) is 4.59. The zero-order valence-electron chi connectivity index (χ0n) is 12.7. The van der Waals surface area contributed by atoms with Gasteiger partial charge in [-0.05, 0) is 20.8 Å². The Hall–Kier alpha value is -1.83. The van der Waals surface area contributed by atoms with Crippen molar-refractivity contribution in [3.63, 3.8) is 0 Å². The molecule has 0 bridgehead atoms. The number of nitrogens with zero attached hydrogens (tertiary/aromatic N) is 2. The number of carboxylic acid groups (broad SMARTS) is 1. The van der Waals surface area contributed by atoms with Gasteiger partial charge in [0.2, 0.25) is 5.91 Å². The quantitative estimate of drug-likeness (QED) is 0.729. The Labute approximate surface area is 124 Å². The Bertz CT molecular complexity index is 397. The molecule has 21 heavy (non-hydrogen) atoms. The predicted molar refractivity (Wildman–Crippen MR) is 74.9 cm³/mol. The normalized spacial score (nSPS) is 19.8. The first kappa shape index (κ1) is 17.2. The highest BCUT2D eigenvalue weighted by Crippen LogP contribution is 2.06. The third-order valence-corrected chi connectivity index (χ3v) is 3.41. The molecule has 0 aromatic heterocycles. The second-order valence-electron chi connectivity index (χ2n) is 4.83. The van der Waals surface area contributed by atoms with Crippen LogP contribution in [-0.2, 0) is 14.3 Å². The van der Waals surface area contributed by atoms with Crippen LogP contribution in [0.1, 0.15) is 20.8 Å². The molecule has 0 saturated carbocycles. The Balaban J connectivity index is 2.55. The maximum Gasteiger partial charge on any atom is 0.334 e. The Morgan fingerprint density at radius 1 is 1.38 bits per heavy atom. The number of morpholine rings is 1. The molecular formula is C13H23N3O5. The summed E-state index contributed by atoms with van der Waals surface area (Å²) in [6.07, 6.45) is -1.02. The van der Waals surface area contributed by atoms with Crippen LogP contribution in [0.4, 0.5) is 4.79 Å². The number of hydrogen-bond acceptors (Lipinski definition) is 4. The van der Waals surface area contributed by atoms with Crippen LogP contribution in [0.5, 0.6) is 0 Å². The van der Waals surface area contributed by atoms with Gasteiger partial charge >= 0.3 is 12.0 Å². The van der Waals surface area contributed by atoms with E-state index in [0.717, 1.165) is 0 Å². The van der Waals surface area contributed by atoms with Crippen molar-refractivity contribution in [2.24, 2.45) is 0 Å². The summed E-state index contributed by atoms with van der Waals surface area (Å²) in [5.41, 5.74) is 0. The van der Waals surface area contributed by atoms with Gasteiger partial charge in [0, 0.05) is 19.6 Å². The van der Waals surface area contributed by atoms with Gasteiger partial charge in [-0.3, -0.25) is 4.79 Å². The van der Waals surface area contributed by atoms with Crippen LogP contribution < -0.4 is 5.32 Å². The predicted octanol–water partition coefficient (Wildman–Crippen LogP) is -0.262. The molecule has 0 aromatic carbocycles. The van der Waals surface area contributed by atoms with Crippen molar-refractivity contribution >= 4 is 17.9 Å². The van der Waals surface area contributed by atoms with Crippen molar-refractivity contribution in [1.82, 2.24) is 15.1 Å². The van der Waals surface area contributed by atoms with Crippen LogP contribution in [0, 0.1) is 0 Å². The maximum atomic E-state index is 12.1. The lowest BCUT2D eigenvalue weighted by Gasteiger charge is -2.32. The van der Waals surface area contributed by atoms with Crippen molar-refractivity contribution in [3.8, 4) is 0 Å². The fourth-order valence-electron chi connectivity index (χ4n) is 2.13. The molecule has 1 rings (SSSR count).